The van der Waals surface area contributed by atoms with Crippen LogP contribution in [0.4, 0.5) is 0 Å². The summed E-state index contributed by atoms with van der Waals surface area (Å²) in [6.45, 7) is 17.8. The number of rotatable bonds is 5. The molecule has 0 unspecified atom stereocenters. The molecule has 0 bridgehead atoms. The minimum atomic E-state index is 0. The van der Waals surface area contributed by atoms with Crippen molar-refractivity contribution in [1.82, 2.24) is 0 Å². The number of aliphatic hydroxyl groups excluding tert-OH is 1. The van der Waals surface area contributed by atoms with Gasteiger partial charge in [-0.05, 0) is 23.6 Å². The SMILES string of the molecule is C.C.C.CC.CC.CC.CC=Cc1ccccc1.OCC=Cc1ccccc1.[CH2-]CC=Cc1ccccc1.[W].[Y]. The van der Waals surface area contributed by atoms with Crippen LogP contribution in [0.2, 0.25) is 0 Å². The Morgan fingerprint density at radius 2 is 0.825 bits per heavy atom. The molecule has 0 aliphatic heterocycles. The predicted molar refractivity (Wildman–Crippen MR) is 183 cm³/mol. The first-order valence-corrected chi connectivity index (χ1v) is 12.8. The van der Waals surface area contributed by atoms with E-state index in [-0.39, 0.29) is 82.7 Å². The van der Waals surface area contributed by atoms with Gasteiger partial charge in [-0.1, -0.05) is 185 Å². The van der Waals surface area contributed by atoms with E-state index in [2.05, 4.69) is 49.4 Å². The van der Waals surface area contributed by atoms with Gasteiger partial charge in [-0.3, -0.25) is 0 Å². The zero-order valence-corrected chi connectivity index (χ0v) is 30.0. The molecular formula is C37H61OWY-. The molecule has 0 spiro atoms. The summed E-state index contributed by atoms with van der Waals surface area (Å²) in [7, 11) is 0. The Morgan fingerprint density at radius 1 is 0.550 bits per heavy atom. The van der Waals surface area contributed by atoms with Gasteiger partial charge in [0, 0.05) is 53.8 Å². The van der Waals surface area contributed by atoms with Gasteiger partial charge in [0.25, 0.3) is 0 Å². The van der Waals surface area contributed by atoms with Crippen LogP contribution in [-0.4, -0.2) is 11.7 Å². The number of hydrogen-bond acceptors (Lipinski definition) is 1. The van der Waals surface area contributed by atoms with Crippen molar-refractivity contribution in [2.24, 2.45) is 0 Å². The van der Waals surface area contributed by atoms with Crippen molar-refractivity contribution < 1.29 is 58.9 Å². The van der Waals surface area contributed by atoms with Crippen LogP contribution < -0.4 is 0 Å². The smallest absolute Gasteiger partial charge is 0.0615 e. The van der Waals surface area contributed by atoms with Gasteiger partial charge >= 0.3 is 0 Å². The summed E-state index contributed by atoms with van der Waals surface area (Å²) in [5, 5.41) is 8.44. The van der Waals surface area contributed by atoms with Gasteiger partial charge in [-0.2, -0.15) is 6.42 Å². The molecule has 1 N–H and O–H groups in total. The zero-order valence-electron chi connectivity index (χ0n) is 24.2. The molecule has 0 aliphatic carbocycles. The molecule has 0 heterocycles. The first kappa shape index (κ1) is 58.3. The third-order valence-corrected chi connectivity index (χ3v) is 3.65. The molecule has 0 saturated carbocycles. The van der Waals surface area contributed by atoms with Crippen molar-refractivity contribution in [3.05, 3.63) is 133 Å². The molecule has 0 saturated heterocycles. The molecule has 1 nitrogen and oxygen atoms in total. The Labute approximate surface area is 291 Å². The molecular weight excluding hydrogens is 733 g/mol. The summed E-state index contributed by atoms with van der Waals surface area (Å²) in [4.78, 5) is 0. The molecule has 3 heteroatoms. The first-order valence-electron chi connectivity index (χ1n) is 12.8. The number of hydrogen-bond donors (Lipinski definition) is 1. The largest absolute Gasteiger partial charge is 0.392 e. The third kappa shape index (κ3) is 41.1. The molecule has 3 aromatic rings. The van der Waals surface area contributed by atoms with E-state index < -0.39 is 0 Å². The van der Waals surface area contributed by atoms with E-state index in [1.54, 1.807) is 6.08 Å². The van der Waals surface area contributed by atoms with E-state index in [0.29, 0.717) is 0 Å². The monoisotopic (exact) mass is 794 g/mol. The van der Waals surface area contributed by atoms with E-state index in [9.17, 15) is 0 Å². The summed E-state index contributed by atoms with van der Waals surface area (Å²) in [5.74, 6) is 0. The fraction of sp³-hybridized carbons (Fsp3) is 0.324. The quantitative estimate of drug-likeness (QED) is 0.255. The van der Waals surface area contributed by atoms with Crippen LogP contribution in [0.15, 0.2) is 109 Å². The van der Waals surface area contributed by atoms with E-state index in [1.165, 1.54) is 11.1 Å². The normalized spacial score (nSPS) is 8.03. The van der Waals surface area contributed by atoms with E-state index in [1.807, 2.05) is 127 Å². The fourth-order valence-corrected chi connectivity index (χ4v) is 2.29. The predicted octanol–water partition coefficient (Wildman–Crippen LogP) is 12.3. The second-order valence-electron chi connectivity index (χ2n) is 6.01. The molecule has 1 radical (unpaired) electrons. The molecule has 0 amide bonds. The Hall–Kier alpha value is -1.37. The van der Waals surface area contributed by atoms with Crippen molar-refractivity contribution >= 4 is 18.2 Å². The Morgan fingerprint density at radius 3 is 1.07 bits per heavy atom. The topological polar surface area (TPSA) is 20.2 Å². The zero-order chi connectivity index (χ0) is 27.0. The van der Waals surface area contributed by atoms with Gasteiger partial charge in [0.15, 0.2) is 0 Å². The van der Waals surface area contributed by atoms with Gasteiger partial charge in [-0.25, -0.2) is 0 Å². The Kier molecular flexibility index (Phi) is 78.4. The summed E-state index contributed by atoms with van der Waals surface area (Å²) in [5.41, 5.74) is 3.63. The van der Waals surface area contributed by atoms with Crippen LogP contribution >= 0.6 is 0 Å². The van der Waals surface area contributed by atoms with Crippen molar-refractivity contribution in [3.63, 3.8) is 0 Å². The fourth-order valence-electron chi connectivity index (χ4n) is 2.29. The van der Waals surface area contributed by atoms with Crippen LogP contribution in [0.25, 0.3) is 18.2 Å². The summed E-state index contributed by atoms with van der Waals surface area (Å²) in [6.07, 6.45) is 12.7. The second-order valence-corrected chi connectivity index (χ2v) is 6.01. The van der Waals surface area contributed by atoms with Crippen LogP contribution in [0.1, 0.15) is 93.9 Å². The molecule has 40 heavy (non-hydrogen) atoms. The molecule has 3 aromatic carbocycles. The molecule has 225 valence electrons. The van der Waals surface area contributed by atoms with Crippen molar-refractivity contribution in [2.75, 3.05) is 6.61 Å². The molecule has 3 rings (SSSR count). The van der Waals surface area contributed by atoms with Crippen molar-refractivity contribution in [2.45, 2.75) is 77.2 Å². The van der Waals surface area contributed by atoms with Crippen LogP contribution in [0, 0.1) is 6.92 Å². The van der Waals surface area contributed by atoms with Crippen LogP contribution in [0.5, 0.6) is 0 Å². The second kappa shape index (κ2) is 53.8. The first-order chi connectivity index (χ1) is 17.3. The number of aliphatic hydroxyl groups is 1. The van der Waals surface area contributed by atoms with Gasteiger partial charge in [0.05, 0.1) is 6.61 Å². The maximum absolute atomic E-state index is 8.44. The summed E-state index contributed by atoms with van der Waals surface area (Å²) in [6, 6.07) is 30.4. The Balaban J connectivity index is -0.0000000552. The van der Waals surface area contributed by atoms with E-state index in [0.717, 1.165) is 12.0 Å². The van der Waals surface area contributed by atoms with Gasteiger partial charge in [0.2, 0.25) is 0 Å². The standard InChI is InChI=1S/C10H11.C9H10O.C9H10.3C2H6.3CH4.W.Y/c1-2-3-7-10-8-5-4-6-9-10;10-8-4-7-9-5-2-1-3-6-9;1-2-6-9-7-4-3-5-8-9;3*1-2;;;;;/h3-9H,1-2H2;1-7,10H,8H2;2-8H,1H3;3*1-2H3;3*1H4;;/q-1;;;;;;;;;;. The summed E-state index contributed by atoms with van der Waals surface area (Å²) < 4.78 is 0. The minimum absolute atomic E-state index is 0. The van der Waals surface area contributed by atoms with Gasteiger partial charge in [-0.15, -0.1) is 6.08 Å². The van der Waals surface area contributed by atoms with Crippen molar-refractivity contribution in [3.8, 4) is 0 Å². The minimum Gasteiger partial charge on any atom is -0.392 e. The van der Waals surface area contributed by atoms with Gasteiger partial charge in [0.1, 0.15) is 0 Å². The number of allylic oxidation sites excluding steroid dienone is 2. The van der Waals surface area contributed by atoms with E-state index in [4.69, 9.17) is 5.11 Å². The van der Waals surface area contributed by atoms with Crippen LogP contribution in [0.3, 0.4) is 0 Å². The maximum atomic E-state index is 8.44. The Bertz CT molecular complexity index is 780. The molecule has 0 atom stereocenters. The van der Waals surface area contributed by atoms with Crippen molar-refractivity contribution in [1.29, 1.82) is 0 Å². The average molecular weight is 795 g/mol. The summed E-state index contributed by atoms with van der Waals surface area (Å²) >= 11 is 0. The van der Waals surface area contributed by atoms with E-state index >= 15 is 0 Å². The maximum Gasteiger partial charge on any atom is 0.0615 e. The van der Waals surface area contributed by atoms with Crippen LogP contribution in [-0.2, 0) is 53.8 Å². The molecule has 0 aliphatic rings. The number of benzene rings is 3. The average Bonchev–Trinajstić information content (AvgIpc) is 2.96. The van der Waals surface area contributed by atoms with Gasteiger partial charge < -0.3 is 12.0 Å². The molecule has 0 aromatic heterocycles. The molecule has 0 fully saturated rings. The third-order valence-electron chi connectivity index (χ3n) is 3.65.